The molecular weight excluding hydrogens is 364 g/mol. The third-order valence-corrected chi connectivity index (χ3v) is 5.87. The predicted molar refractivity (Wildman–Crippen MR) is 95.3 cm³/mol. The van der Waals surface area contributed by atoms with Crippen LogP contribution in [0.25, 0.3) is 0 Å². The van der Waals surface area contributed by atoms with Crippen LogP contribution >= 0.6 is 11.6 Å². The van der Waals surface area contributed by atoms with E-state index < -0.39 is 15.7 Å². The Bertz CT molecular complexity index is 871. The van der Waals surface area contributed by atoms with Crippen LogP contribution in [0.3, 0.4) is 0 Å². The van der Waals surface area contributed by atoms with E-state index in [-0.39, 0.29) is 23.2 Å². The summed E-state index contributed by atoms with van der Waals surface area (Å²) in [5.74, 6) is 0.189. The number of aromatic nitrogens is 2. The smallest absolute Gasteiger partial charge is 0.270 e. The lowest BCUT2D eigenvalue weighted by Gasteiger charge is -2.11. The van der Waals surface area contributed by atoms with E-state index in [9.17, 15) is 13.2 Å². The number of sulfone groups is 1. The second-order valence-electron chi connectivity index (χ2n) is 5.84. The molecule has 0 aliphatic carbocycles. The fraction of sp³-hybridized carbons (Fsp3) is 0.312. The predicted octanol–water partition coefficient (Wildman–Crippen LogP) is 1.66. The van der Waals surface area contributed by atoms with Crippen LogP contribution < -0.4 is 10.6 Å². The monoisotopic (exact) mass is 380 g/mol. The first-order chi connectivity index (χ1) is 11.9. The normalized spacial score (nSPS) is 18.7. The highest BCUT2D eigenvalue weighted by Crippen LogP contribution is 2.13. The van der Waals surface area contributed by atoms with Gasteiger partial charge >= 0.3 is 0 Å². The Morgan fingerprint density at radius 2 is 2.00 bits per heavy atom. The van der Waals surface area contributed by atoms with Crippen LogP contribution in [0.2, 0.25) is 5.02 Å². The fourth-order valence-electron chi connectivity index (χ4n) is 2.54. The van der Waals surface area contributed by atoms with Crippen molar-refractivity contribution in [2.45, 2.75) is 19.0 Å². The van der Waals surface area contributed by atoms with Gasteiger partial charge in [0, 0.05) is 23.7 Å². The first-order valence-corrected chi connectivity index (χ1v) is 9.93. The summed E-state index contributed by atoms with van der Waals surface area (Å²) >= 11 is 5.85. The summed E-state index contributed by atoms with van der Waals surface area (Å²) in [6.07, 6.45) is 1.73. The van der Waals surface area contributed by atoms with E-state index in [0.29, 0.717) is 23.8 Å². The Morgan fingerprint density at radius 1 is 1.24 bits per heavy atom. The lowest BCUT2D eigenvalue weighted by molar-refractivity contribution is 0.0936. The van der Waals surface area contributed by atoms with Crippen molar-refractivity contribution >= 4 is 33.2 Å². The second-order valence-corrected chi connectivity index (χ2v) is 8.51. The molecule has 1 saturated heterocycles. The number of nitrogens with zero attached hydrogens (tertiary/aromatic N) is 2. The number of benzene rings is 1. The van der Waals surface area contributed by atoms with E-state index in [0.717, 1.165) is 5.56 Å². The third-order valence-electron chi connectivity index (χ3n) is 3.85. The summed E-state index contributed by atoms with van der Waals surface area (Å²) in [6.45, 7) is 0.524. The Morgan fingerprint density at radius 3 is 2.68 bits per heavy atom. The molecule has 2 heterocycles. The van der Waals surface area contributed by atoms with E-state index in [2.05, 4.69) is 20.6 Å². The van der Waals surface area contributed by atoms with Gasteiger partial charge < -0.3 is 10.6 Å². The van der Waals surface area contributed by atoms with Crippen molar-refractivity contribution in [2.75, 3.05) is 16.8 Å². The fourth-order valence-corrected chi connectivity index (χ4v) is 4.34. The summed E-state index contributed by atoms with van der Waals surface area (Å²) in [6, 6.07) is 8.56. The number of hydrogen-bond acceptors (Lipinski definition) is 6. The summed E-state index contributed by atoms with van der Waals surface area (Å²) in [5, 5.41) is 6.48. The van der Waals surface area contributed by atoms with Crippen LogP contribution in [0.4, 0.5) is 5.82 Å². The molecule has 1 aliphatic heterocycles. The molecule has 1 unspecified atom stereocenters. The number of anilines is 1. The van der Waals surface area contributed by atoms with Crippen molar-refractivity contribution in [3.05, 3.63) is 52.9 Å². The van der Waals surface area contributed by atoms with Gasteiger partial charge in [-0.15, -0.1) is 0 Å². The van der Waals surface area contributed by atoms with Crippen LogP contribution in [0.15, 0.2) is 36.7 Å². The molecule has 1 fully saturated rings. The Kier molecular flexibility index (Phi) is 5.19. The number of nitrogens with one attached hydrogen (secondary N) is 2. The van der Waals surface area contributed by atoms with E-state index in [4.69, 9.17) is 11.6 Å². The lowest BCUT2D eigenvalue weighted by atomic mass is 10.2. The molecule has 1 amide bonds. The molecule has 2 N–H and O–H groups in total. The summed E-state index contributed by atoms with van der Waals surface area (Å²) in [7, 11) is -3.04. The molecule has 3 rings (SSSR count). The lowest BCUT2D eigenvalue weighted by Crippen LogP contribution is -2.36. The average Bonchev–Trinajstić information content (AvgIpc) is 2.93. The molecule has 0 radical (unpaired) electrons. The van der Waals surface area contributed by atoms with Gasteiger partial charge in [-0.25, -0.2) is 18.4 Å². The summed E-state index contributed by atoms with van der Waals surface area (Å²) in [5.41, 5.74) is 1.21. The average molecular weight is 381 g/mol. The van der Waals surface area contributed by atoms with Gasteiger partial charge in [-0.1, -0.05) is 23.7 Å². The zero-order chi connectivity index (χ0) is 17.9. The highest BCUT2D eigenvalue weighted by atomic mass is 35.5. The number of halogens is 1. The van der Waals surface area contributed by atoms with Crippen LogP contribution in [0.1, 0.15) is 22.5 Å². The van der Waals surface area contributed by atoms with Crippen LogP contribution in [-0.4, -0.2) is 41.8 Å². The quantitative estimate of drug-likeness (QED) is 0.818. The molecular formula is C16H17ClN4O3S. The van der Waals surface area contributed by atoms with E-state index in [1.807, 2.05) is 12.1 Å². The van der Waals surface area contributed by atoms with Crippen LogP contribution in [0, 0.1) is 0 Å². The van der Waals surface area contributed by atoms with Gasteiger partial charge in [0.15, 0.2) is 9.84 Å². The zero-order valence-electron chi connectivity index (χ0n) is 13.3. The molecule has 9 heteroatoms. The van der Waals surface area contributed by atoms with Crippen molar-refractivity contribution in [1.82, 2.24) is 15.3 Å². The Balaban J connectivity index is 1.60. The molecule has 7 nitrogen and oxygen atoms in total. The topological polar surface area (TPSA) is 101 Å². The van der Waals surface area contributed by atoms with Crippen LogP contribution in [-0.2, 0) is 16.4 Å². The van der Waals surface area contributed by atoms with Crippen molar-refractivity contribution in [1.29, 1.82) is 0 Å². The maximum absolute atomic E-state index is 12.2. The second kappa shape index (κ2) is 7.37. The van der Waals surface area contributed by atoms with Gasteiger partial charge in [-0.05, 0) is 24.1 Å². The standard InChI is InChI=1S/C16H17ClN4O3S/c17-12-3-1-11(2-4-12)8-18-15-7-14(19-10-20-15)16(22)21-13-5-6-25(23,24)9-13/h1-4,7,10,13H,5-6,8-9H2,(H,21,22)(H,18,19,20). The zero-order valence-corrected chi connectivity index (χ0v) is 14.8. The molecule has 25 heavy (non-hydrogen) atoms. The van der Waals surface area contributed by atoms with Gasteiger partial charge in [-0.3, -0.25) is 4.79 Å². The van der Waals surface area contributed by atoms with Gasteiger partial charge in [-0.2, -0.15) is 0 Å². The Hall–Kier alpha value is -2.19. The SMILES string of the molecule is O=C(NC1CCS(=O)(=O)C1)c1cc(NCc2ccc(Cl)cc2)ncn1. The number of hydrogen-bond donors (Lipinski definition) is 2. The van der Waals surface area contributed by atoms with Crippen molar-refractivity contribution in [3.8, 4) is 0 Å². The number of amides is 1. The van der Waals surface area contributed by atoms with Gasteiger partial charge in [0.2, 0.25) is 0 Å². The first kappa shape index (κ1) is 17.6. The summed E-state index contributed by atoms with van der Waals surface area (Å²) in [4.78, 5) is 20.3. The molecule has 1 aromatic carbocycles. The van der Waals surface area contributed by atoms with Crippen molar-refractivity contribution < 1.29 is 13.2 Å². The first-order valence-electron chi connectivity index (χ1n) is 7.73. The number of carbonyl (C=O) groups is 1. The maximum Gasteiger partial charge on any atom is 0.270 e. The van der Waals surface area contributed by atoms with E-state index >= 15 is 0 Å². The van der Waals surface area contributed by atoms with Gasteiger partial charge in [0.05, 0.1) is 11.5 Å². The molecule has 0 saturated carbocycles. The van der Waals surface area contributed by atoms with E-state index in [1.54, 1.807) is 12.1 Å². The number of rotatable bonds is 5. The van der Waals surface area contributed by atoms with Gasteiger partial charge in [0.25, 0.3) is 5.91 Å². The molecule has 132 valence electrons. The summed E-state index contributed by atoms with van der Waals surface area (Å²) < 4.78 is 22.9. The minimum atomic E-state index is -3.04. The van der Waals surface area contributed by atoms with Gasteiger partial charge in [0.1, 0.15) is 17.8 Å². The molecule has 1 aromatic heterocycles. The minimum Gasteiger partial charge on any atom is -0.366 e. The maximum atomic E-state index is 12.2. The van der Waals surface area contributed by atoms with Crippen LogP contribution in [0.5, 0.6) is 0 Å². The molecule has 1 aliphatic rings. The highest BCUT2D eigenvalue weighted by molar-refractivity contribution is 7.91. The molecule has 2 aromatic rings. The molecule has 0 spiro atoms. The number of carbonyl (C=O) groups excluding carboxylic acids is 1. The Labute approximate surface area is 150 Å². The van der Waals surface area contributed by atoms with E-state index in [1.165, 1.54) is 12.4 Å². The van der Waals surface area contributed by atoms with Crippen molar-refractivity contribution in [3.63, 3.8) is 0 Å². The molecule has 0 bridgehead atoms. The minimum absolute atomic E-state index is 0.0223. The third kappa shape index (κ3) is 4.90. The van der Waals surface area contributed by atoms with Crippen molar-refractivity contribution in [2.24, 2.45) is 0 Å². The highest BCUT2D eigenvalue weighted by Gasteiger charge is 2.29. The largest absolute Gasteiger partial charge is 0.366 e. The molecule has 1 atom stereocenters.